The molecule has 0 bridgehead atoms. The standard InChI is InChI=1S/C16H23FN2O2/c1-12(13-4-3-5-14(17)10-13)19-15(20)16(11-21-2)6-8-18-9-7-16/h3-5,10,12,18H,6-9,11H2,1-2H3,(H,19,20). The van der Waals surface area contributed by atoms with Gasteiger partial charge in [0.25, 0.3) is 0 Å². The second-order valence-corrected chi connectivity index (χ2v) is 5.71. The van der Waals surface area contributed by atoms with Gasteiger partial charge in [-0.3, -0.25) is 4.79 Å². The van der Waals surface area contributed by atoms with Gasteiger partial charge in [-0.05, 0) is 50.6 Å². The lowest BCUT2D eigenvalue weighted by atomic mass is 9.78. The van der Waals surface area contributed by atoms with Gasteiger partial charge in [0.05, 0.1) is 18.1 Å². The number of benzene rings is 1. The van der Waals surface area contributed by atoms with E-state index in [4.69, 9.17) is 4.74 Å². The number of amides is 1. The summed E-state index contributed by atoms with van der Waals surface area (Å²) < 4.78 is 18.5. The predicted octanol–water partition coefficient (Wildman–Crippen LogP) is 2.02. The van der Waals surface area contributed by atoms with E-state index in [1.54, 1.807) is 13.2 Å². The van der Waals surface area contributed by atoms with E-state index in [-0.39, 0.29) is 17.8 Å². The number of nitrogens with one attached hydrogen (secondary N) is 2. The normalized spacial score (nSPS) is 19.0. The number of piperidine rings is 1. The molecule has 1 heterocycles. The highest BCUT2D eigenvalue weighted by atomic mass is 19.1. The number of hydrogen-bond donors (Lipinski definition) is 2. The number of ether oxygens (including phenoxy) is 1. The molecule has 1 aliphatic heterocycles. The topological polar surface area (TPSA) is 50.4 Å². The number of halogens is 1. The van der Waals surface area contributed by atoms with E-state index in [0.29, 0.717) is 6.61 Å². The van der Waals surface area contributed by atoms with E-state index in [0.717, 1.165) is 31.5 Å². The van der Waals surface area contributed by atoms with Crippen LogP contribution in [0.2, 0.25) is 0 Å². The molecule has 5 heteroatoms. The van der Waals surface area contributed by atoms with Crippen molar-refractivity contribution in [3.63, 3.8) is 0 Å². The van der Waals surface area contributed by atoms with Crippen molar-refractivity contribution in [1.29, 1.82) is 0 Å². The summed E-state index contributed by atoms with van der Waals surface area (Å²) in [4.78, 5) is 12.7. The van der Waals surface area contributed by atoms with E-state index in [9.17, 15) is 9.18 Å². The van der Waals surface area contributed by atoms with E-state index in [2.05, 4.69) is 10.6 Å². The highest BCUT2D eigenvalue weighted by Crippen LogP contribution is 2.30. The molecule has 4 nitrogen and oxygen atoms in total. The van der Waals surface area contributed by atoms with Crippen LogP contribution in [0.5, 0.6) is 0 Å². The van der Waals surface area contributed by atoms with E-state index < -0.39 is 5.41 Å². The molecule has 21 heavy (non-hydrogen) atoms. The molecule has 2 N–H and O–H groups in total. The van der Waals surface area contributed by atoms with Crippen molar-refractivity contribution in [3.05, 3.63) is 35.6 Å². The van der Waals surface area contributed by atoms with Gasteiger partial charge in [-0.15, -0.1) is 0 Å². The Bertz CT molecular complexity index is 481. The van der Waals surface area contributed by atoms with E-state index >= 15 is 0 Å². The molecule has 1 atom stereocenters. The third-order valence-corrected chi connectivity index (χ3v) is 4.16. The molecule has 0 radical (unpaired) electrons. The molecule has 1 aromatic rings. The molecule has 0 aliphatic carbocycles. The zero-order chi connectivity index (χ0) is 15.3. The third kappa shape index (κ3) is 3.80. The fourth-order valence-corrected chi connectivity index (χ4v) is 2.83. The van der Waals surface area contributed by atoms with Crippen LogP contribution < -0.4 is 10.6 Å². The molecule has 1 saturated heterocycles. The van der Waals surface area contributed by atoms with Crippen LogP contribution in [-0.4, -0.2) is 32.7 Å². The lowest BCUT2D eigenvalue weighted by molar-refractivity contribution is -0.136. The highest BCUT2D eigenvalue weighted by Gasteiger charge is 2.40. The van der Waals surface area contributed by atoms with Crippen molar-refractivity contribution in [2.24, 2.45) is 5.41 Å². The van der Waals surface area contributed by atoms with Crippen molar-refractivity contribution < 1.29 is 13.9 Å². The summed E-state index contributed by atoms with van der Waals surface area (Å²) in [5.41, 5.74) is 0.284. The Labute approximate surface area is 125 Å². The Balaban J connectivity index is 2.07. The summed E-state index contributed by atoms with van der Waals surface area (Å²) in [6, 6.07) is 6.10. The average molecular weight is 294 g/mol. The maximum absolute atomic E-state index is 13.3. The van der Waals surface area contributed by atoms with Crippen LogP contribution in [0, 0.1) is 11.2 Å². The van der Waals surface area contributed by atoms with Crippen LogP contribution in [0.1, 0.15) is 31.4 Å². The lowest BCUT2D eigenvalue weighted by Crippen LogP contribution is -2.50. The second kappa shape index (κ2) is 7.00. The Hall–Kier alpha value is -1.46. The van der Waals surface area contributed by atoms with Crippen molar-refractivity contribution >= 4 is 5.91 Å². The number of rotatable bonds is 5. The monoisotopic (exact) mass is 294 g/mol. The minimum absolute atomic E-state index is 0.0115. The SMILES string of the molecule is COCC1(C(=O)NC(C)c2cccc(F)c2)CCNCC1. The molecule has 1 aliphatic rings. The number of methoxy groups -OCH3 is 1. The van der Waals surface area contributed by atoms with Gasteiger partial charge in [-0.1, -0.05) is 12.1 Å². The van der Waals surface area contributed by atoms with Gasteiger partial charge in [-0.25, -0.2) is 4.39 Å². The minimum atomic E-state index is -0.485. The van der Waals surface area contributed by atoms with Gasteiger partial charge in [0.2, 0.25) is 5.91 Å². The molecular formula is C16H23FN2O2. The lowest BCUT2D eigenvalue weighted by Gasteiger charge is -2.36. The summed E-state index contributed by atoms with van der Waals surface area (Å²) in [6.45, 7) is 3.90. The molecule has 1 aromatic carbocycles. The van der Waals surface area contributed by atoms with Crippen LogP contribution in [0.25, 0.3) is 0 Å². The molecular weight excluding hydrogens is 271 g/mol. The van der Waals surface area contributed by atoms with E-state index in [1.165, 1.54) is 12.1 Å². The van der Waals surface area contributed by atoms with Crippen molar-refractivity contribution in [2.45, 2.75) is 25.8 Å². The fourth-order valence-electron chi connectivity index (χ4n) is 2.83. The third-order valence-electron chi connectivity index (χ3n) is 4.16. The Kier molecular flexibility index (Phi) is 5.31. The second-order valence-electron chi connectivity index (χ2n) is 5.71. The van der Waals surface area contributed by atoms with Crippen molar-refractivity contribution in [3.8, 4) is 0 Å². The molecule has 1 fully saturated rings. The Morgan fingerprint density at radius 3 is 2.81 bits per heavy atom. The molecule has 1 amide bonds. The maximum Gasteiger partial charge on any atom is 0.229 e. The first-order valence-electron chi connectivity index (χ1n) is 7.33. The number of hydrogen-bond acceptors (Lipinski definition) is 3. The molecule has 1 unspecified atom stereocenters. The quantitative estimate of drug-likeness (QED) is 0.873. The largest absolute Gasteiger partial charge is 0.384 e. The van der Waals surface area contributed by atoms with Crippen molar-refractivity contribution in [1.82, 2.24) is 10.6 Å². The van der Waals surface area contributed by atoms with Crippen LogP contribution in [0.4, 0.5) is 4.39 Å². The van der Waals surface area contributed by atoms with E-state index in [1.807, 2.05) is 13.0 Å². The first kappa shape index (κ1) is 15.9. The fraction of sp³-hybridized carbons (Fsp3) is 0.562. The zero-order valence-corrected chi connectivity index (χ0v) is 12.6. The van der Waals surface area contributed by atoms with Gasteiger partial charge in [0, 0.05) is 7.11 Å². The molecule has 0 saturated carbocycles. The zero-order valence-electron chi connectivity index (χ0n) is 12.6. The summed E-state index contributed by atoms with van der Waals surface area (Å²) in [6.07, 6.45) is 1.51. The Morgan fingerprint density at radius 2 is 2.19 bits per heavy atom. The molecule has 0 aromatic heterocycles. The van der Waals surface area contributed by atoms with Crippen molar-refractivity contribution in [2.75, 3.05) is 26.8 Å². The van der Waals surface area contributed by atoms with Crippen LogP contribution in [0.15, 0.2) is 24.3 Å². The minimum Gasteiger partial charge on any atom is -0.384 e. The van der Waals surface area contributed by atoms with Crippen LogP contribution in [0.3, 0.4) is 0 Å². The van der Waals surface area contributed by atoms with Gasteiger partial charge in [-0.2, -0.15) is 0 Å². The predicted molar refractivity (Wildman–Crippen MR) is 79.4 cm³/mol. The van der Waals surface area contributed by atoms with Crippen LogP contribution in [-0.2, 0) is 9.53 Å². The summed E-state index contributed by atoms with van der Waals surface area (Å²) in [5, 5.41) is 6.27. The molecule has 0 spiro atoms. The molecule has 116 valence electrons. The van der Waals surface area contributed by atoms with Gasteiger partial charge in [0.1, 0.15) is 5.82 Å². The first-order chi connectivity index (χ1) is 10.1. The Morgan fingerprint density at radius 1 is 1.48 bits per heavy atom. The summed E-state index contributed by atoms with van der Waals surface area (Å²) in [7, 11) is 1.62. The highest BCUT2D eigenvalue weighted by molar-refractivity contribution is 5.83. The molecule has 2 rings (SSSR count). The summed E-state index contributed by atoms with van der Waals surface area (Å²) in [5.74, 6) is -0.301. The van der Waals surface area contributed by atoms with Gasteiger partial charge < -0.3 is 15.4 Å². The average Bonchev–Trinajstić information content (AvgIpc) is 2.48. The smallest absolute Gasteiger partial charge is 0.229 e. The summed E-state index contributed by atoms with van der Waals surface area (Å²) >= 11 is 0. The van der Waals surface area contributed by atoms with Gasteiger partial charge >= 0.3 is 0 Å². The maximum atomic E-state index is 13.3. The number of carbonyl (C=O) groups is 1. The first-order valence-corrected chi connectivity index (χ1v) is 7.33. The van der Waals surface area contributed by atoms with Gasteiger partial charge in [0.15, 0.2) is 0 Å². The number of carbonyl (C=O) groups excluding carboxylic acids is 1. The van der Waals surface area contributed by atoms with Crippen LogP contribution >= 0.6 is 0 Å².